The zero-order valence-electron chi connectivity index (χ0n) is 20.6. The minimum Gasteiger partial charge on any atom is -0.497 e. The van der Waals surface area contributed by atoms with E-state index in [-0.39, 0.29) is 4.90 Å². The second-order valence-electron chi connectivity index (χ2n) is 8.79. The van der Waals surface area contributed by atoms with Gasteiger partial charge in [0.1, 0.15) is 28.8 Å². The summed E-state index contributed by atoms with van der Waals surface area (Å²) in [4.78, 5) is 7.41. The van der Waals surface area contributed by atoms with Crippen molar-refractivity contribution in [3.05, 3.63) is 71.8 Å². The van der Waals surface area contributed by atoms with E-state index in [0.29, 0.717) is 55.6 Å². The topological polar surface area (TPSA) is 80.7 Å². The Bertz CT molecular complexity index is 1400. The molecule has 0 radical (unpaired) electrons. The largest absolute Gasteiger partial charge is 0.497 e. The van der Waals surface area contributed by atoms with Crippen LogP contribution in [0.15, 0.2) is 70.6 Å². The van der Waals surface area contributed by atoms with Crippen molar-refractivity contribution < 1.29 is 22.6 Å². The Kier molecular flexibility index (Phi) is 6.59. The summed E-state index contributed by atoms with van der Waals surface area (Å²) in [7, 11) is -0.446. The summed E-state index contributed by atoms with van der Waals surface area (Å²) in [5.74, 6) is 3.44. The molecule has 0 atom stereocenters. The molecule has 0 bridgehead atoms. The first-order valence-corrected chi connectivity index (χ1v) is 13.3. The van der Waals surface area contributed by atoms with Crippen LogP contribution in [0.5, 0.6) is 23.0 Å². The summed E-state index contributed by atoms with van der Waals surface area (Å²) in [6.45, 7) is 3.93. The molecular formula is C27H29N3O5S. The summed E-state index contributed by atoms with van der Waals surface area (Å²) in [5, 5.41) is 0. The number of ether oxygens (including phenoxy) is 3. The average molecular weight is 508 g/mol. The summed E-state index contributed by atoms with van der Waals surface area (Å²) in [6.07, 6.45) is 0.662. The van der Waals surface area contributed by atoms with E-state index in [1.807, 2.05) is 43.3 Å². The van der Waals surface area contributed by atoms with Crippen molar-refractivity contribution in [1.82, 2.24) is 9.21 Å². The minimum atomic E-state index is -3.63. The molecule has 3 aromatic rings. The van der Waals surface area contributed by atoms with Crippen molar-refractivity contribution in [3.8, 4) is 23.0 Å². The molecule has 0 amide bonds. The number of hydrogen-bond acceptors (Lipinski definition) is 7. The number of aliphatic imine (C=N–C) groups is 1. The predicted octanol–water partition coefficient (Wildman–Crippen LogP) is 4.59. The minimum absolute atomic E-state index is 0.260. The monoisotopic (exact) mass is 507 g/mol. The van der Waals surface area contributed by atoms with Gasteiger partial charge in [-0.2, -0.15) is 4.31 Å². The molecule has 0 unspecified atom stereocenters. The van der Waals surface area contributed by atoms with E-state index in [0.717, 1.165) is 22.6 Å². The number of fused-ring (bicyclic) bond motifs is 2. The molecule has 0 N–H and O–H groups in total. The first-order valence-electron chi connectivity index (χ1n) is 11.8. The smallest absolute Gasteiger partial charge is 0.243 e. The highest BCUT2D eigenvalue weighted by Gasteiger charge is 2.30. The van der Waals surface area contributed by atoms with Crippen LogP contribution in [0.2, 0.25) is 0 Å². The van der Waals surface area contributed by atoms with Gasteiger partial charge in [0, 0.05) is 26.2 Å². The molecule has 1 saturated heterocycles. The average Bonchev–Trinajstić information content (AvgIpc) is 3.23. The summed E-state index contributed by atoms with van der Waals surface area (Å²) in [5.41, 5.74) is 2.63. The number of hydrogen-bond donors (Lipinski definition) is 0. The van der Waals surface area contributed by atoms with Gasteiger partial charge in [-0.1, -0.05) is 6.07 Å². The van der Waals surface area contributed by atoms with Gasteiger partial charge in [0.25, 0.3) is 0 Å². The standard InChI is InChI=1S/C27H29N3O5S/c1-19-5-11-24-26(17-19)35-25-12-8-21(34-3)18-23(25)27(28-24)29-13-4-14-30(16-15-29)36(31,32)22-9-6-20(33-2)7-10-22/h5-12,17-18H,4,13-16H2,1-3H3. The molecule has 1 fully saturated rings. The molecule has 188 valence electrons. The maximum absolute atomic E-state index is 13.4. The first kappa shape index (κ1) is 24.1. The van der Waals surface area contributed by atoms with Crippen molar-refractivity contribution >= 4 is 21.5 Å². The third-order valence-corrected chi connectivity index (χ3v) is 8.35. The predicted molar refractivity (Wildman–Crippen MR) is 138 cm³/mol. The fraction of sp³-hybridized carbons (Fsp3) is 0.296. The van der Waals surface area contributed by atoms with Crippen molar-refractivity contribution in [2.45, 2.75) is 18.2 Å². The normalized spacial score (nSPS) is 16.1. The second kappa shape index (κ2) is 9.83. The number of sulfonamides is 1. The highest BCUT2D eigenvalue weighted by Crippen LogP contribution is 2.40. The molecule has 36 heavy (non-hydrogen) atoms. The van der Waals surface area contributed by atoms with Crippen molar-refractivity contribution in [1.29, 1.82) is 0 Å². The van der Waals surface area contributed by atoms with Gasteiger partial charge in [-0.25, -0.2) is 13.4 Å². The fourth-order valence-electron chi connectivity index (χ4n) is 4.47. The van der Waals surface area contributed by atoms with Gasteiger partial charge in [0.2, 0.25) is 10.0 Å². The van der Waals surface area contributed by atoms with Crippen molar-refractivity contribution in [2.75, 3.05) is 40.4 Å². The Labute approximate surface area is 211 Å². The van der Waals surface area contributed by atoms with Crippen LogP contribution in [0, 0.1) is 6.92 Å². The molecule has 0 spiro atoms. The van der Waals surface area contributed by atoms with Gasteiger partial charge in [-0.3, -0.25) is 0 Å². The lowest BCUT2D eigenvalue weighted by Crippen LogP contribution is -2.37. The van der Waals surface area contributed by atoms with E-state index in [2.05, 4.69) is 4.90 Å². The van der Waals surface area contributed by atoms with Crippen LogP contribution in [0.4, 0.5) is 5.69 Å². The molecular weight excluding hydrogens is 478 g/mol. The van der Waals surface area contributed by atoms with Crippen LogP contribution in [0.1, 0.15) is 17.5 Å². The molecule has 5 rings (SSSR count). The van der Waals surface area contributed by atoms with Crippen LogP contribution < -0.4 is 14.2 Å². The van der Waals surface area contributed by atoms with E-state index in [4.69, 9.17) is 19.2 Å². The van der Waals surface area contributed by atoms with Crippen LogP contribution in [0.3, 0.4) is 0 Å². The van der Waals surface area contributed by atoms with Crippen LogP contribution >= 0.6 is 0 Å². The third kappa shape index (κ3) is 4.64. The molecule has 8 nitrogen and oxygen atoms in total. The van der Waals surface area contributed by atoms with E-state index < -0.39 is 10.0 Å². The van der Waals surface area contributed by atoms with Crippen LogP contribution in [0.25, 0.3) is 0 Å². The number of amidine groups is 1. The Morgan fingerprint density at radius 3 is 2.33 bits per heavy atom. The van der Waals surface area contributed by atoms with E-state index in [9.17, 15) is 8.42 Å². The molecule has 2 aliphatic heterocycles. The lowest BCUT2D eigenvalue weighted by atomic mass is 10.1. The molecule has 0 saturated carbocycles. The van der Waals surface area contributed by atoms with E-state index in [1.54, 1.807) is 42.8 Å². The Morgan fingerprint density at radius 2 is 1.58 bits per heavy atom. The van der Waals surface area contributed by atoms with Crippen molar-refractivity contribution in [2.24, 2.45) is 4.99 Å². The molecule has 2 aliphatic rings. The highest BCUT2D eigenvalue weighted by atomic mass is 32.2. The zero-order valence-corrected chi connectivity index (χ0v) is 21.4. The number of rotatable bonds is 4. The summed E-state index contributed by atoms with van der Waals surface area (Å²) >= 11 is 0. The lowest BCUT2D eigenvalue weighted by Gasteiger charge is -2.25. The number of aryl methyl sites for hydroxylation is 1. The number of benzene rings is 3. The van der Waals surface area contributed by atoms with Gasteiger partial charge in [-0.15, -0.1) is 0 Å². The van der Waals surface area contributed by atoms with Gasteiger partial charge in [-0.05, 0) is 73.5 Å². The number of nitrogens with zero attached hydrogens (tertiary/aromatic N) is 3. The molecule has 0 aromatic heterocycles. The van der Waals surface area contributed by atoms with Gasteiger partial charge >= 0.3 is 0 Å². The molecule has 3 aromatic carbocycles. The number of methoxy groups -OCH3 is 2. The maximum atomic E-state index is 13.4. The molecule has 9 heteroatoms. The van der Waals surface area contributed by atoms with Crippen molar-refractivity contribution in [3.63, 3.8) is 0 Å². The SMILES string of the molecule is COc1ccc(S(=O)(=O)N2CCCN(C3=Nc4ccc(C)cc4Oc4ccc(OC)cc43)CC2)cc1. The Morgan fingerprint density at radius 1 is 0.833 bits per heavy atom. The van der Waals surface area contributed by atoms with Crippen LogP contribution in [-0.2, 0) is 10.0 Å². The molecule has 0 aliphatic carbocycles. The maximum Gasteiger partial charge on any atom is 0.243 e. The molecule has 2 heterocycles. The van der Waals surface area contributed by atoms with Crippen LogP contribution in [-0.4, -0.2) is 63.9 Å². The quantitative estimate of drug-likeness (QED) is 0.514. The van der Waals surface area contributed by atoms with Gasteiger partial charge in [0.05, 0.1) is 24.7 Å². The highest BCUT2D eigenvalue weighted by molar-refractivity contribution is 7.89. The second-order valence-corrected chi connectivity index (χ2v) is 10.7. The van der Waals surface area contributed by atoms with Gasteiger partial charge in [0.15, 0.2) is 5.75 Å². The lowest BCUT2D eigenvalue weighted by molar-refractivity contribution is 0.404. The fourth-order valence-corrected chi connectivity index (χ4v) is 5.94. The summed E-state index contributed by atoms with van der Waals surface area (Å²) in [6, 6.07) is 18.1. The third-order valence-electron chi connectivity index (χ3n) is 6.44. The van der Waals surface area contributed by atoms with E-state index >= 15 is 0 Å². The zero-order chi connectivity index (χ0) is 25.3. The van der Waals surface area contributed by atoms with Gasteiger partial charge < -0.3 is 19.1 Å². The van der Waals surface area contributed by atoms with E-state index in [1.165, 1.54) is 0 Å². The Hall–Kier alpha value is -3.56. The summed E-state index contributed by atoms with van der Waals surface area (Å²) < 4.78 is 45.2. The Balaban J connectivity index is 1.47. The first-order chi connectivity index (χ1) is 17.4.